The molecule has 1 fully saturated rings. The van der Waals surface area contributed by atoms with Crippen molar-refractivity contribution in [1.82, 2.24) is 9.80 Å². The number of nitrogens with zero attached hydrogens (tertiary/aromatic N) is 2. The minimum Gasteiger partial charge on any atom is -0.504 e. The van der Waals surface area contributed by atoms with Crippen LogP contribution in [0, 0.1) is 0 Å². The highest BCUT2D eigenvalue weighted by molar-refractivity contribution is 5.91. The fraction of sp³-hybridized carbons (Fsp3) is 0.480. The zero-order valence-corrected chi connectivity index (χ0v) is 20.0. The summed E-state index contributed by atoms with van der Waals surface area (Å²) >= 11 is 0. The molecule has 1 aromatic heterocycles. The molecule has 1 amide bonds. The second kappa shape index (κ2) is 10.8. The van der Waals surface area contributed by atoms with Gasteiger partial charge in [0.1, 0.15) is 6.67 Å². The van der Waals surface area contributed by atoms with Crippen LogP contribution in [-0.4, -0.2) is 76.0 Å². The molecule has 1 aromatic carbocycles. The van der Waals surface area contributed by atoms with Crippen molar-refractivity contribution in [3.05, 3.63) is 53.5 Å². The Balaban J connectivity index is 0.00000324. The Morgan fingerprint density at radius 1 is 1.35 bits per heavy atom. The number of likely N-dealkylation sites (N-methyl/N-ethyl adjacent to an activating group) is 1. The van der Waals surface area contributed by atoms with Gasteiger partial charge in [-0.15, -0.1) is 12.4 Å². The van der Waals surface area contributed by atoms with E-state index in [4.69, 9.17) is 4.42 Å². The summed E-state index contributed by atoms with van der Waals surface area (Å²) in [5.74, 6) is -0.893. The summed E-state index contributed by atoms with van der Waals surface area (Å²) in [6.45, 7) is 0.813. The molecule has 4 rings (SSSR count). The van der Waals surface area contributed by atoms with Crippen LogP contribution in [0.5, 0.6) is 11.5 Å². The van der Waals surface area contributed by atoms with Crippen LogP contribution < -0.4 is 0 Å². The van der Waals surface area contributed by atoms with Crippen molar-refractivity contribution in [2.45, 2.75) is 43.2 Å². The SMILES string of the molecule is CN(CCC[C@]1(O)[C@H]2CCN(CCF)[C@@H]1Cc1ccc(O)c(O)c12)C(=O)/C=C/c1ccoc1.Cl. The van der Waals surface area contributed by atoms with Crippen LogP contribution >= 0.6 is 12.4 Å². The molecule has 0 radical (unpaired) electrons. The van der Waals surface area contributed by atoms with E-state index in [2.05, 4.69) is 0 Å². The van der Waals surface area contributed by atoms with Crippen LogP contribution in [0.1, 0.15) is 41.9 Å². The number of furan rings is 1. The third-order valence-corrected chi connectivity index (χ3v) is 7.15. The molecule has 34 heavy (non-hydrogen) atoms. The number of amides is 1. The predicted molar refractivity (Wildman–Crippen MR) is 129 cm³/mol. The van der Waals surface area contributed by atoms with Crippen molar-refractivity contribution in [3.8, 4) is 11.5 Å². The van der Waals surface area contributed by atoms with Crippen LogP contribution in [0.15, 0.2) is 41.2 Å². The fourth-order valence-corrected chi connectivity index (χ4v) is 5.45. The van der Waals surface area contributed by atoms with E-state index in [1.54, 1.807) is 36.4 Å². The number of alkyl halides is 1. The van der Waals surface area contributed by atoms with Crippen LogP contribution in [-0.2, 0) is 11.2 Å². The Bertz CT molecular complexity index is 1010. The van der Waals surface area contributed by atoms with Gasteiger partial charge in [0.25, 0.3) is 0 Å². The first-order valence-corrected chi connectivity index (χ1v) is 11.4. The van der Waals surface area contributed by atoms with Crippen LogP contribution in [0.2, 0.25) is 0 Å². The predicted octanol–water partition coefficient (Wildman–Crippen LogP) is 3.48. The zero-order valence-electron chi connectivity index (χ0n) is 19.2. The van der Waals surface area contributed by atoms with Gasteiger partial charge in [-0.2, -0.15) is 0 Å². The lowest BCUT2D eigenvalue weighted by Gasteiger charge is -2.55. The van der Waals surface area contributed by atoms with Gasteiger partial charge in [-0.25, -0.2) is 4.39 Å². The number of phenolic OH excluding ortho intramolecular Hbond substituents is 2. The molecular formula is C25H32ClFN2O5. The van der Waals surface area contributed by atoms with Gasteiger partial charge in [0.15, 0.2) is 11.5 Å². The van der Waals surface area contributed by atoms with E-state index in [9.17, 15) is 24.5 Å². The molecule has 2 aromatic rings. The number of carbonyl (C=O) groups is 1. The Morgan fingerprint density at radius 3 is 2.85 bits per heavy atom. The summed E-state index contributed by atoms with van der Waals surface area (Å²) in [5.41, 5.74) is 1.09. The number of hydrogen-bond donors (Lipinski definition) is 3. The van der Waals surface area contributed by atoms with Crippen molar-refractivity contribution in [1.29, 1.82) is 0 Å². The third-order valence-electron chi connectivity index (χ3n) is 7.15. The number of phenols is 2. The Labute approximate surface area is 204 Å². The number of piperidine rings is 1. The number of carbonyl (C=O) groups excluding carboxylic acids is 1. The number of aliphatic hydroxyl groups is 1. The van der Waals surface area contributed by atoms with Crippen molar-refractivity contribution >= 4 is 24.4 Å². The van der Waals surface area contributed by atoms with E-state index >= 15 is 0 Å². The molecule has 2 heterocycles. The van der Waals surface area contributed by atoms with Gasteiger partial charge in [0, 0.05) is 49.3 Å². The summed E-state index contributed by atoms with van der Waals surface area (Å²) < 4.78 is 18.2. The first-order valence-electron chi connectivity index (χ1n) is 11.4. The number of hydrogen-bond acceptors (Lipinski definition) is 6. The topological polar surface area (TPSA) is 97.4 Å². The largest absolute Gasteiger partial charge is 0.504 e. The summed E-state index contributed by atoms with van der Waals surface area (Å²) in [5, 5.41) is 32.5. The van der Waals surface area contributed by atoms with Gasteiger partial charge in [-0.3, -0.25) is 9.69 Å². The van der Waals surface area contributed by atoms with Gasteiger partial charge in [-0.05, 0) is 56.0 Å². The minimum atomic E-state index is -1.19. The van der Waals surface area contributed by atoms with Gasteiger partial charge < -0.3 is 24.6 Å². The second-order valence-electron chi connectivity index (χ2n) is 9.04. The molecule has 1 aliphatic heterocycles. The highest BCUT2D eigenvalue weighted by atomic mass is 35.5. The van der Waals surface area contributed by atoms with E-state index in [1.807, 2.05) is 4.90 Å². The Hall–Kier alpha value is -2.55. The Morgan fingerprint density at radius 2 is 2.15 bits per heavy atom. The molecule has 0 saturated carbocycles. The fourth-order valence-electron chi connectivity index (χ4n) is 5.45. The van der Waals surface area contributed by atoms with E-state index < -0.39 is 12.3 Å². The quantitative estimate of drug-likeness (QED) is 0.384. The number of aromatic hydroxyl groups is 2. The smallest absolute Gasteiger partial charge is 0.246 e. The maximum absolute atomic E-state index is 13.2. The molecule has 0 spiro atoms. The Kier molecular flexibility index (Phi) is 8.28. The number of fused-ring (bicyclic) bond motifs is 4. The lowest BCUT2D eigenvalue weighted by atomic mass is 9.63. The zero-order chi connectivity index (χ0) is 23.6. The first kappa shape index (κ1) is 26.1. The number of halogens is 2. The molecule has 0 unspecified atom stereocenters. The summed E-state index contributed by atoms with van der Waals surface area (Å²) in [7, 11) is 1.71. The van der Waals surface area contributed by atoms with Gasteiger partial charge in [0.2, 0.25) is 5.91 Å². The minimum absolute atomic E-state index is 0. The highest BCUT2D eigenvalue weighted by Crippen LogP contribution is 2.53. The summed E-state index contributed by atoms with van der Waals surface area (Å²) in [6.07, 6.45) is 8.22. The molecule has 7 nitrogen and oxygen atoms in total. The van der Waals surface area contributed by atoms with Crippen LogP contribution in [0.3, 0.4) is 0 Å². The van der Waals surface area contributed by atoms with Gasteiger partial charge in [-0.1, -0.05) is 6.07 Å². The van der Waals surface area contributed by atoms with Crippen molar-refractivity contribution in [2.75, 3.05) is 33.4 Å². The average molecular weight is 495 g/mol. The molecule has 9 heteroatoms. The molecule has 186 valence electrons. The number of rotatable bonds is 8. The van der Waals surface area contributed by atoms with E-state index in [1.165, 1.54) is 18.4 Å². The molecule has 2 bridgehead atoms. The summed E-state index contributed by atoms with van der Waals surface area (Å²) in [6, 6.07) is 4.72. The number of likely N-dealkylation sites (tertiary alicyclic amines) is 1. The standard InChI is InChI=1S/C25H31FN2O5.ClH/c1-27(22(30)6-3-17-8-14-33-16-17)11-2-9-25(32)19-7-12-28(13-10-26)21(25)15-18-4-5-20(29)24(31)23(18)19;/h3-6,8,14,16,19,21,29,31-32H,2,7,9-13,15H2,1H3;1H/b6-3+;/t19-,21+,25-;/m0./s1. The molecule has 3 atom stereocenters. The first-order chi connectivity index (χ1) is 15.8. The van der Waals surface area contributed by atoms with Crippen molar-refractivity contribution in [3.63, 3.8) is 0 Å². The van der Waals surface area contributed by atoms with Crippen LogP contribution in [0.4, 0.5) is 4.39 Å². The molecule has 1 saturated heterocycles. The second-order valence-corrected chi connectivity index (χ2v) is 9.04. The maximum Gasteiger partial charge on any atom is 0.246 e. The van der Waals surface area contributed by atoms with Gasteiger partial charge in [0.05, 0.1) is 18.1 Å². The molecule has 2 aliphatic rings. The molecule has 3 N–H and O–H groups in total. The highest BCUT2D eigenvalue weighted by Gasteiger charge is 2.54. The monoisotopic (exact) mass is 494 g/mol. The maximum atomic E-state index is 13.2. The van der Waals surface area contributed by atoms with Crippen molar-refractivity contribution in [2.24, 2.45) is 0 Å². The van der Waals surface area contributed by atoms with Gasteiger partial charge >= 0.3 is 0 Å². The van der Waals surface area contributed by atoms with Crippen molar-refractivity contribution < 1.29 is 28.9 Å². The lowest BCUT2D eigenvalue weighted by molar-refractivity contribution is -0.126. The molecule has 1 aliphatic carbocycles. The lowest BCUT2D eigenvalue weighted by Crippen LogP contribution is -2.63. The third kappa shape index (κ3) is 4.94. The normalized spacial score (nSPS) is 24.0. The molecular weight excluding hydrogens is 463 g/mol. The van der Waals surface area contributed by atoms with Crippen LogP contribution in [0.25, 0.3) is 6.08 Å². The summed E-state index contributed by atoms with van der Waals surface area (Å²) in [4.78, 5) is 16.0. The van der Waals surface area contributed by atoms with E-state index in [-0.39, 0.29) is 48.3 Å². The van der Waals surface area contributed by atoms with E-state index in [0.29, 0.717) is 44.3 Å². The number of benzene rings is 1. The average Bonchev–Trinajstić information content (AvgIpc) is 3.30. The van der Waals surface area contributed by atoms with E-state index in [0.717, 1.165) is 11.1 Å².